The highest BCUT2D eigenvalue weighted by molar-refractivity contribution is 5.92. The molecule has 4 nitrogen and oxygen atoms in total. The Morgan fingerprint density at radius 3 is 2.70 bits per heavy atom. The van der Waals surface area contributed by atoms with Gasteiger partial charge in [-0.3, -0.25) is 4.79 Å². The summed E-state index contributed by atoms with van der Waals surface area (Å²) in [5.41, 5.74) is 0. The first-order chi connectivity index (χ1) is 9.74. The summed E-state index contributed by atoms with van der Waals surface area (Å²) in [5, 5.41) is 0. The third-order valence-corrected chi connectivity index (χ3v) is 4.51. The largest absolute Gasteiger partial charge is 0.456 e. The molecular weight excluding hydrogens is 252 g/mol. The number of hydrogen-bond donors (Lipinski definition) is 0. The van der Waals surface area contributed by atoms with Crippen molar-refractivity contribution in [2.45, 2.75) is 45.1 Å². The molecule has 1 atom stereocenters. The van der Waals surface area contributed by atoms with Crippen molar-refractivity contribution in [1.29, 1.82) is 0 Å². The van der Waals surface area contributed by atoms with Gasteiger partial charge >= 0.3 is 0 Å². The van der Waals surface area contributed by atoms with E-state index in [0.717, 1.165) is 31.7 Å². The van der Waals surface area contributed by atoms with Crippen LogP contribution in [0.2, 0.25) is 0 Å². The SMILES string of the molecule is Cc1ccc(C(=O)N2CCCC2CN2CCCCC2)o1. The van der Waals surface area contributed by atoms with Crippen LogP contribution in [0.4, 0.5) is 0 Å². The van der Waals surface area contributed by atoms with Gasteiger partial charge in [-0.2, -0.15) is 0 Å². The minimum atomic E-state index is 0.0672. The van der Waals surface area contributed by atoms with Crippen LogP contribution in [0, 0.1) is 6.92 Å². The number of amides is 1. The molecule has 0 bridgehead atoms. The van der Waals surface area contributed by atoms with E-state index in [1.165, 1.54) is 32.4 Å². The zero-order valence-electron chi connectivity index (χ0n) is 12.3. The number of aryl methyl sites for hydroxylation is 1. The fraction of sp³-hybridized carbons (Fsp3) is 0.688. The van der Waals surface area contributed by atoms with E-state index in [1.807, 2.05) is 17.9 Å². The third-order valence-electron chi connectivity index (χ3n) is 4.51. The van der Waals surface area contributed by atoms with Gasteiger partial charge in [0.15, 0.2) is 5.76 Å². The van der Waals surface area contributed by atoms with Gasteiger partial charge in [0.05, 0.1) is 0 Å². The second-order valence-electron chi connectivity index (χ2n) is 6.07. The highest BCUT2D eigenvalue weighted by atomic mass is 16.3. The van der Waals surface area contributed by atoms with Crippen molar-refractivity contribution >= 4 is 5.91 Å². The number of nitrogens with zero attached hydrogens (tertiary/aromatic N) is 2. The van der Waals surface area contributed by atoms with Gasteiger partial charge in [0.1, 0.15) is 5.76 Å². The molecule has 3 rings (SSSR count). The Morgan fingerprint density at radius 2 is 2.00 bits per heavy atom. The molecule has 1 unspecified atom stereocenters. The lowest BCUT2D eigenvalue weighted by Crippen LogP contribution is -2.44. The average Bonchev–Trinajstić information content (AvgIpc) is 3.08. The van der Waals surface area contributed by atoms with Crippen molar-refractivity contribution in [2.24, 2.45) is 0 Å². The molecule has 2 fully saturated rings. The monoisotopic (exact) mass is 276 g/mol. The van der Waals surface area contributed by atoms with Gasteiger partial charge < -0.3 is 14.2 Å². The lowest BCUT2D eigenvalue weighted by atomic mass is 10.1. The lowest BCUT2D eigenvalue weighted by molar-refractivity contribution is 0.0657. The van der Waals surface area contributed by atoms with Crippen LogP contribution in [0.3, 0.4) is 0 Å². The summed E-state index contributed by atoms with van der Waals surface area (Å²) in [6.07, 6.45) is 6.21. The zero-order chi connectivity index (χ0) is 13.9. The highest BCUT2D eigenvalue weighted by Crippen LogP contribution is 2.23. The van der Waals surface area contributed by atoms with Crippen molar-refractivity contribution in [3.8, 4) is 0 Å². The number of furan rings is 1. The summed E-state index contributed by atoms with van der Waals surface area (Å²) in [4.78, 5) is 17.1. The number of carbonyl (C=O) groups excluding carboxylic acids is 1. The summed E-state index contributed by atoms with van der Waals surface area (Å²) in [6, 6.07) is 4.03. The molecule has 0 saturated carbocycles. The van der Waals surface area contributed by atoms with Crippen LogP contribution in [-0.2, 0) is 0 Å². The molecule has 110 valence electrons. The summed E-state index contributed by atoms with van der Waals surface area (Å²) in [5.74, 6) is 1.37. The molecule has 0 N–H and O–H groups in total. The maximum atomic E-state index is 12.5. The molecule has 1 aromatic heterocycles. The summed E-state index contributed by atoms with van der Waals surface area (Å²) < 4.78 is 5.49. The number of rotatable bonds is 3. The van der Waals surface area contributed by atoms with Crippen LogP contribution in [0.5, 0.6) is 0 Å². The Bertz CT molecular complexity index is 463. The van der Waals surface area contributed by atoms with E-state index in [9.17, 15) is 4.79 Å². The Kier molecular flexibility index (Phi) is 4.10. The smallest absolute Gasteiger partial charge is 0.289 e. The number of hydrogen-bond acceptors (Lipinski definition) is 3. The van der Waals surface area contributed by atoms with Crippen molar-refractivity contribution in [3.63, 3.8) is 0 Å². The average molecular weight is 276 g/mol. The maximum Gasteiger partial charge on any atom is 0.289 e. The molecule has 3 heterocycles. The van der Waals surface area contributed by atoms with Gasteiger partial charge in [-0.25, -0.2) is 0 Å². The van der Waals surface area contributed by atoms with E-state index in [2.05, 4.69) is 4.90 Å². The fourth-order valence-corrected chi connectivity index (χ4v) is 3.42. The van der Waals surface area contributed by atoms with Crippen LogP contribution >= 0.6 is 0 Å². The lowest BCUT2D eigenvalue weighted by Gasteiger charge is -2.32. The molecule has 4 heteroatoms. The topological polar surface area (TPSA) is 36.7 Å². The second-order valence-corrected chi connectivity index (χ2v) is 6.07. The summed E-state index contributed by atoms with van der Waals surface area (Å²) in [7, 11) is 0. The normalized spacial score (nSPS) is 24.2. The third kappa shape index (κ3) is 2.90. The molecule has 20 heavy (non-hydrogen) atoms. The molecular formula is C16H24N2O2. The van der Waals surface area contributed by atoms with Crippen LogP contribution in [0.1, 0.15) is 48.4 Å². The molecule has 0 spiro atoms. The van der Waals surface area contributed by atoms with E-state index in [-0.39, 0.29) is 5.91 Å². The molecule has 1 aromatic rings. The first kappa shape index (κ1) is 13.7. The van der Waals surface area contributed by atoms with E-state index in [1.54, 1.807) is 6.07 Å². The predicted octanol–water partition coefficient (Wildman–Crippen LogP) is 2.68. The van der Waals surface area contributed by atoms with Gasteiger partial charge in [0.2, 0.25) is 0 Å². The van der Waals surface area contributed by atoms with Crippen LogP contribution in [0.15, 0.2) is 16.5 Å². The van der Waals surface area contributed by atoms with Crippen LogP contribution < -0.4 is 0 Å². The Labute approximate surface area is 120 Å². The van der Waals surface area contributed by atoms with Crippen molar-refractivity contribution in [3.05, 3.63) is 23.7 Å². The molecule has 2 aliphatic rings. The molecule has 0 aromatic carbocycles. The van der Waals surface area contributed by atoms with E-state index < -0.39 is 0 Å². The summed E-state index contributed by atoms with van der Waals surface area (Å²) >= 11 is 0. The first-order valence-corrected chi connectivity index (χ1v) is 7.84. The van der Waals surface area contributed by atoms with Gasteiger partial charge in [0, 0.05) is 19.1 Å². The molecule has 2 saturated heterocycles. The van der Waals surface area contributed by atoms with Crippen LogP contribution in [-0.4, -0.2) is 47.9 Å². The Morgan fingerprint density at radius 1 is 1.20 bits per heavy atom. The van der Waals surface area contributed by atoms with Crippen molar-refractivity contribution < 1.29 is 9.21 Å². The summed E-state index contributed by atoms with van der Waals surface area (Å²) in [6.45, 7) is 6.17. The minimum absolute atomic E-state index is 0.0672. The minimum Gasteiger partial charge on any atom is -0.456 e. The highest BCUT2D eigenvalue weighted by Gasteiger charge is 2.32. The zero-order valence-corrected chi connectivity index (χ0v) is 12.3. The van der Waals surface area contributed by atoms with Gasteiger partial charge in [-0.05, 0) is 57.8 Å². The quantitative estimate of drug-likeness (QED) is 0.851. The van der Waals surface area contributed by atoms with Gasteiger partial charge in [-0.15, -0.1) is 0 Å². The number of carbonyl (C=O) groups is 1. The van der Waals surface area contributed by atoms with Crippen molar-refractivity contribution in [1.82, 2.24) is 9.80 Å². The second kappa shape index (κ2) is 6.00. The molecule has 1 amide bonds. The standard InChI is InChI=1S/C16H24N2O2/c1-13-7-8-15(20-13)16(19)18-11-5-6-14(18)12-17-9-3-2-4-10-17/h7-8,14H,2-6,9-12H2,1H3. The predicted molar refractivity (Wildman–Crippen MR) is 77.8 cm³/mol. The maximum absolute atomic E-state index is 12.5. The fourth-order valence-electron chi connectivity index (χ4n) is 3.42. The van der Waals surface area contributed by atoms with E-state index in [4.69, 9.17) is 4.42 Å². The van der Waals surface area contributed by atoms with Crippen LogP contribution in [0.25, 0.3) is 0 Å². The number of likely N-dealkylation sites (tertiary alicyclic amines) is 2. The number of piperidine rings is 1. The first-order valence-electron chi connectivity index (χ1n) is 7.84. The molecule has 0 aliphatic carbocycles. The molecule has 2 aliphatic heterocycles. The van der Waals surface area contributed by atoms with Gasteiger partial charge in [-0.1, -0.05) is 6.42 Å². The Balaban J connectivity index is 1.64. The van der Waals surface area contributed by atoms with Crippen molar-refractivity contribution in [2.75, 3.05) is 26.2 Å². The van der Waals surface area contributed by atoms with Gasteiger partial charge in [0.25, 0.3) is 5.91 Å². The molecule has 0 radical (unpaired) electrons. The Hall–Kier alpha value is -1.29. The van der Waals surface area contributed by atoms with E-state index in [0.29, 0.717) is 11.8 Å². The van der Waals surface area contributed by atoms with E-state index >= 15 is 0 Å².